The largest absolute Gasteiger partial charge is 1.00 e. The van der Waals surface area contributed by atoms with Gasteiger partial charge in [-0.3, -0.25) is 0 Å². The van der Waals surface area contributed by atoms with Crippen LogP contribution in [-0.2, 0) is 0 Å². The van der Waals surface area contributed by atoms with E-state index in [9.17, 15) is 0 Å². The Bertz CT molecular complexity index is 96.7. The maximum absolute atomic E-state index is 7.77. The number of nitrogens with zero attached hydrogens (tertiary/aromatic N) is 1. The van der Waals surface area contributed by atoms with Crippen LogP contribution in [0.1, 0.15) is 6.92 Å². The molecular weight excluding hydrogens is 99.0 g/mol. The summed E-state index contributed by atoms with van der Waals surface area (Å²) in [5.74, 6) is 0. The fraction of sp³-hybridized carbons (Fsp3) is 0.250. The van der Waals surface area contributed by atoms with E-state index in [1.165, 1.54) is 0 Å². The summed E-state index contributed by atoms with van der Waals surface area (Å²) in [6.07, 6.45) is 2.21. The molecule has 3 heteroatoms. The minimum absolute atomic E-state index is 0. The minimum Gasteiger partial charge on any atom is -0.434 e. The standard InChI is InChI=1S/C4H5N2.Na/c1-4(6)2-3-5;/h6H2,1H3;/q-1;+1. The van der Waals surface area contributed by atoms with E-state index < -0.39 is 0 Å². The van der Waals surface area contributed by atoms with E-state index in [0.717, 1.165) is 0 Å². The van der Waals surface area contributed by atoms with E-state index in [-0.39, 0.29) is 29.6 Å². The van der Waals surface area contributed by atoms with Crippen molar-refractivity contribution in [2.45, 2.75) is 6.92 Å². The van der Waals surface area contributed by atoms with Gasteiger partial charge in [-0.1, -0.05) is 6.92 Å². The second-order valence-corrected chi connectivity index (χ2v) is 0.920. The first-order valence-electron chi connectivity index (χ1n) is 1.51. The second-order valence-electron chi connectivity index (χ2n) is 0.920. The maximum atomic E-state index is 7.77. The van der Waals surface area contributed by atoms with Crippen LogP contribution in [0.4, 0.5) is 0 Å². The monoisotopic (exact) mass is 104 g/mol. The molecule has 0 heterocycles. The first-order chi connectivity index (χ1) is 2.77. The van der Waals surface area contributed by atoms with Gasteiger partial charge in [0.2, 0.25) is 0 Å². The molecule has 2 N–H and O–H groups in total. The smallest absolute Gasteiger partial charge is 0.434 e. The molecule has 0 radical (unpaired) electrons. The number of rotatable bonds is 0. The molecule has 0 saturated carbocycles. The van der Waals surface area contributed by atoms with Crippen LogP contribution in [0, 0.1) is 17.4 Å². The van der Waals surface area contributed by atoms with Crippen molar-refractivity contribution in [2.75, 3.05) is 0 Å². The second kappa shape index (κ2) is 6.03. The summed E-state index contributed by atoms with van der Waals surface area (Å²) in [7, 11) is 0. The van der Waals surface area contributed by atoms with Crippen LogP contribution >= 0.6 is 0 Å². The third-order valence-corrected chi connectivity index (χ3v) is 0.253. The van der Waals surface area contributed by atoms with Gasteiger partial charge in [0.05, 0.1) is 0 Å². The Balaban J connectivity index is 0. The van der Waals surface area contributed by atoms with Crippen molar-refractivity contribution in [1.82, 2.24) is 0 Å². The summed E-state index contributed by atoms with van der Waals surface area (Å²) in [5.41, 5.74) is 5.41. The Morgan fingerprint density at radius 1 is 1.86 bits per heavy atom. The van der Waals surface area contributed by atoms with E-state index in [2.05, 4.69) is 6.08 Å². The molecule has 0 saturated heterocycles. The van der Waals surface area contributed by atoms with E-state index in [1.807, 2.05) is 0 Å². The molecule has 0 aromatic heterocycles. The summed E-state index contributed by atoms with van der Waals surface area (Å²) in [6.45, 7) is 1.61. The van der Waals surface area contributed by atoms with E-state index in [1.54, 1.807) is 13.0 Å². The average Bonchev–Trinajstić information content (AvgIpc) is 1.35. The van der Waals surface area contributed by atoms with Crippen molar-refractivity contribution < 1.29 is 29.6 Å². The topological polar surface area (TPSA) is 49.8 Å². The van der Waals surface area contributed by atoms with Gasteiger partial charge in [0.1, 0.15) is 0 Å². The Morgan fingerprint density at radius 2 is 2.29 bits per heavy atom. The summed E-state index contributed by atoms with van der Waals surface area (Å²) in [6, 6.07) is 1.66. The van der Waals surface area contributed by atoms with Gasteiger partial charge < -0.3 is 11.8 Å². The molecule has 0 spiro atoms. The minimum atomic E-state index is 0. The fourth-order valence-electron chi connectivity index (χ4n) is 0.0882. The van der Waals surface area contributed by atoms with Crippen molar-refractivity contribution in [3.8, 4) is 6.07 Å². The van der Waals surface area contributed by atoms with E-state index in [0.29, 0.717) is 5.70 Å². The van der Waals surface area contributed by atoms with Crippen LogP contribution in [0.5, 0.6) is 0 Å². The van der Waals surface area contributed by atoms with E-state index >= 15 is 0 Å². The first-order valence-corrected chi connectivity index (χ1v) is 1.51. The average molecular weight is 104 g/mol. The zero-order chi connectivity index (χ0) is 4.99. The number of nitrogens with two attached hydrogens (primary N) is 1. The molecule has 0 aliphatic carbocycles. The van der Waals surface area contributed by atoms with Crippen molar-refractivity contribution in [3.63, 3.8) is 0 Å². The van der Waals surface area contributed by atoms with Crippen molar-refractivity contribution in [3.05, 3.63) is 11.8 Å². The normalized spacial score (nSPS) is 8.86. The summed E-state index contributed by atoms with van der Waals surface area (Å²) in [4.78, 5) is 0. The third kappa shape index (κ3) is 10.7. The van der Waals surface area contributed by atoms with Crippen molar-refractivity contribution >= 4 is 0 Å². The molecule has 2 nitrogen and oxygen atoms in total. The van der Waals surface area contributed by atoms with Crippen LogP contribution in [0.25, 0.3) is 0 Å². The number of allylic oxidation sites excluding steroid dienone is 2. The molecule has 0 fully saturated rings. The predicted molar refractivity (Wildman–Crippen MR) is 22.2 cm³/mol. The molecule has 0 atom stereocenters. The van der Waals surface area contributed by atoms with Gasteiger partial charge >= 0.3 is 29.6 Å². The summed E-state index contributed by atoms with van der Waals surface area (Å²) >= 11 is 0. The quantitative estimate of drug-likeness (QED) is 0.205. The van der Waals surface area contributed by atoms with Crippen molar-refractivity contribution in [2.24, 2.45) is 5.73 Å². The SMILES string of the molecule is CC(N)=[C-]C#N.[Na+]. The molecule has 0 amide bonds. The fourth-order valence-corrected chi connectivity index (χ4v) is 0.0882. The molecule has 32 valence electrons. The van der Waals surface area contributed by atoms with Crippen LogP contribution in [0.15, 0.2) is 5.70 Å². The molecule has 0 rings (SSSR count). The number of hydrogen-bond donors (Lipinski definition) is 1. The van der Waals surface area contributed by atoms with Crippen LogP contribution in [0.3, 0.4) is 0 Å². The predicted octanol–water partition coefficient (Wildman–Crippen LogP) is -2.82. The zero-order valence-electron chi connectivity index (χ0n) is 4.52. The number of hydrogen-bond acceptors (Lipinski definition) is 2. The Morgan fingerprint density at radius 3 is 2.29 bits per heavy atom. The Hall–Kier alpha value is 0.0300. The Kier molecular flexibility index (Phi) is 8.70. The molecule has 0 aromatic rings. The maximum Gasteiger partial charge on any atom is 1.00 e. The van der Waals surface area contributed by atoms with Gasteiger partial charge in [0.25, 0.3) is 0 Å². The van der Waals surface area contributed by atoms with Gasteiger partial charge in [0, 0.05) is 0 Å². The van der Waals surface area contributed by atoms with Gasteiger partial charge in [-0.05, 0) is 0 Å². The third-order valence-electron chi connectivity index (χ3n) is 0.253. The Labute approximate surface area is 65.3 Å². The molecular formula is C4H5N2Na. The zero-order valence-corrected chi connectivity index (χ0v) is 6.52. The molecule has 0 aliphatic heterocycles. The van der Waals surface area contributed by atoms with E-state index in [4.69, 9.17) is 11.0 Å². The molecule has 0 unspecified atom stereocenters. The van der Waals surface area contributed by atoms with Crippen molar-refractivity contribution in [1.29, 1.82) is 5.26 Å². The van der Waals surface area contributed by atoms with Gasteiger partial charge in [-0.25, -0.2) is 5.26 Å². The van der Waals surface area contributed by atoms with Crippen LogP contribution < -0.4 is 35.3 Å². The van der Waals surface area contributed by atoms with Gasteiger partial charge in [-0.2, -0.15) is 5.70 Å². The van der Waals surface area contributed by atoms with Crippen LogP contribution in [-0.4, -0.2) is 0 Å². The summed E-state index contributed by atoms with van der Waals surface area (Å²) < 4.78 is 0. The molecule has 0 aromatic carbocycles. The molecule has 0 bridgehead atoms. The molecule has 0 aliphatic rings. The molecule has 7 heavy (non-hydrogen) atoms. The van der Waals surface area contributed by atoms with Crippen LogP contribution in [0.2, 0.25) is 0 Å². The van der Waals surface area contributed by atoms with Gasteiger partial charge in [-0.15, -0.1) is 6.07 Å². The number of nitriles is 1. The van der Waals surface area contributed by atoms with Gasteiger partial charge in [0.15, 0.2) is 0 Å². The summed E-state index contributed by atoms with van der Waals surface area (Å²) in [5, 5.41) is 7.77. The first kappa shape index (κ1) is 10.1.